The number of hydrogen-bond acceptors (Lipinski definition) is 8. The van der Waals surface area contributed by atoms with E-state index in [1.807, 2.05) is 6.07 Å². The van der Waals surface area contributed by atoms with Gasteiger partial charge in [-0.15, -0.1) is 0 Å². The highest BCUT2D eigenvalue weighted by molar-refractivity contribution is 6.33. The number of benzene rings is 1. The van der Waals surface area contributed by atoms with E-state index in [4.69, 9.17) is 36.0 Å². The lowest BCUT2D eigenvalue weighted by atomic mass is 9.87. The summed E-state index contributed by atoms with van der Waals surface area (Å²) in [6.07, 6.45) is 10.7. The standard InChI is InChI=1S/C34H38ClF2N7O2/c35-25-10-26-23(14-39-42-26)27-22(25)4-1-2-9-45-17-20-11-33(6-7-33)18-43(15-20)31-24-13-38-30(27)28(37)29(24)40-32(41-31)46-19-34-5-3-8-44(34)16-21(36)12-34/h10,13-14,20-21H,1-9,11-12,15-19H2,(H,39,42)/t20?,21-,34+/m1/s1. The molecule has 0 amide bonds. The molecule has 1 unspecified atom stereocenters. The summed E-state index contributed by atoms with van der Waals surface area (Å²) >= 11 is 6.85. The number of aromatic nitrogens is 5. The number of nitrogens with zero attached hydrogens (tertiary/aromatic N) is 6. The third kappa shape index (κ3) is 4.83. The summed E-state index contributed by atoms with van der Waals surface area (Å²) < 4.78 is 44.3. The van der Waals surface area contributed by atoms with Crippen LogP contribution in [0.3, 0.4) is 0 Å². The fourth-order valence-electron chi connectivity index (χ4n) is 8.86. The van der Waals surface area contributed by atoms with Gasteiger partial charge in [0.15, 0.2) is 5.82 Å². The Morgan fingerprint density at radius 2 is 2.00 bits per heavy atom. The first-order valence-electron chi connectivity index (χ1n) is 16.8. The van der Waals surface area contributed by atoms with Gasteiger partial charge in [-0.2, -0.15) is 15.1 Å². The maximum atomic E-state index is 17.1. The highest BCUT2D eigenvalue weighted by Gasteiger charge is 2.50. The van der Waals surface area contributed by atoms with E-state index in [0.29, 0.717) is 65.8 Å². The van der Waals surface area contributed by atoms with E-state index in [0.717, 1.165) is 62.7 Å². The zero-order valence-electron chi connectivity index (χ0n) is 25.8. The fourth-order valence-corrected chi connectivity index (χ4v) is 9.15. The van der Waals surface area contributed by atoms with Crippen LogP contribution in [0.4, 0.5) is 14.6 Å². The molecule has 4 fully saturated rings. The number of alkyl halides is 1. The van der Waals surface area contributed by atoms with Gasteiger partial charge >= 0.3 is 6.01 Å². The Bertz CT molecular complexity index is 1830. The summed E-state index contributed by atoms with van der Waals surface area (Å²) in [6.45, 7) is 4.50. The van der Waals surface area contributed by atoms with Gasteiger partial charge in [0, 0.05) is 60.7 Å². The molecule has 6 bridgehead atoms. The minimum atomic E-state index is -0.871. The van der Waals surface area contributed by atoms with Crippen LogP contribution < -0.4 is 9.64 Å². The van der Waals surface area contributed by atoms with Gasteiger partial charge in [-0.25, -0.2) is 8.78 Å². The lowest BCUT2D eigenvalue weighted by Gasteiger charge is -2.39. The minimum Gasteiger partial charge on any atom is -0.461 e. The monoisotopic (exact) mass is 649 g/mol. The molecule has 4 aromatic rings. The number of rotatable bonds is 3. The second-order valence-corrected chi connectivity index (χ2v) is 14.8. The molecule has 3 atom stereocenters. The van der Waals surface area contributed by atoms with Crippen LogP contribution in [0.2, 0.25) is 5.02 Å². The van der Waals surface area contributed by atoms with E-state index in [1.54, 1.807) is 12.4 Å². The van der Waals surface area contributed by atoms with Crippen molar-refractivity contribution < 1.29 is 18.3 Å². The normalized spacial score (nSPS) is 27.6. The largest absolute Gasteiger partial charge is 0.461 e. The Morgan fingerprint density at radius 1 is 1.09 bits per heavy atom. The molecule has 1 aromatic carbocycles. The second kappa shape index (κ2) is 11.0. The molecule has 5 aliphatic heterocycles. The van der Waals surface area contributed by atoms with Crippen LogP contribution in [0.1, 0.15) is 56.9 Å². The number of H-pyrrole nitrogens is 1. The van der Waals surface area contributed by atoms with Crippen LogP contribution >= 0.6 is 11.6 Å². The van der Waals surface area contributed by atoms with E-state index in [9.17, 15) is 4.39 Å². The van der Waals surface area contributed by atoms with E-state index in [2.05, 4.69) is 20.0 Å². The number of fused-ring (bicyclic) bond motifs is 8. The molecule has 6 aliphatic rings. The van der Waals surface area contributed by atoms with Crippen molar-refractivity contribution in [3.05, 3.63) is 34.9 Å². The van der Waals surface area contributed by atoms with Crippen molar-refractivity contribution in [2.24, 2.45) is 11.3 Å². The Kier molecular flexibility index (Phi) is 6.91. The van der Waals surface area contributed by atoms with Gasteiger partial charge < -0.3 is 14.4 Å². The summed E-state index contributed by atoms with van der Waals surface area (Å²) in [6, 6.07) is 1.97. The highest BCUT2D eigenvalue weighted by Crippen LogP contribution is 2.54. The predicted octanol–water partition coefficient (Wildman–Crippen LogP) is 6.28. The second-order valence-electron chi connectivity index (χ2n) is 14.4. The van der Waals surface area contributed by atoms with Gasteiger partial charge in [-0.05, 0) is 75.0 Å². The van der Waals surface area contributed by atoms with Gasteiger partial charge in [0.2, 0.25) is 0 Å². The number of nitrogens with one attached hydrogen (secondary N) is 1. The van der Waals surface area contributed by atoms with E-state index < -0.39 is 12.0 Å². The number of piperidine rings is 1. The van der Waals surface area contributed by atoms with Crippen molar-refractivity contribution in [1.29, 1.82) is 0 Å². The molecular weight excluding hydrogens is 612 g/mol. The number of halogens is 3. The summed E-state index contributed by atoms with van der Waals surface area (Å²) in [5.41, 5.74) is 2.38. The van der Waals surface area contributed by atoms with Crippen LogP contribution in [0.25, 0.3) is 33.1 Å². The van der Waals surface area contributed by atoms with Gasteiger partial charge in [-0.3, -0.25) is 15.0 Å². The highest BCUT2D eigenvalue weighted by atomic mass is 35.5. The Balaban J connectivity index is 1.21. The first-order chi connectivity index (χ1) is 22.4. The maximum Gasteiger partial charge on any atom is 0.319 e. The molecule has 0 radical (unpaired) electrons. The van der Waals surface area contributed by atoms with Crippen molar-refractivity contribution in [1.82, 2.24) is 30.0 Å². The summed E-state index contributed by atoms with van der Waals surface area (Å²) in [5, 5.41) is 9.08. The van der Waals surface area contributed by atoms with Gasteiger partial charge in [0.1, 0.15) is 29.8 Å². The number of ether oxygens (including phenoxy) is 2. The average molecular weight is 650 g/mol. The van der Waals surface area contributed by atoms with Crippen molar-refractivity contribution in [2.75, 3.05) is 50.9 Å². The molecule has 46 heavy (non-hydrogen) atoms. The molecule has 1 N–H and O–H groups in total. The summed E-state index contributed by atoms with van der Waals surface area (Å²) in [7, 11) is 0. The van der Waals surface area contributed by atoms with Crippen LogP contribution in [0, 0.1) is 17.2 Å². The van der Waals surface area contributed by atoms with Gasteiger partial charge in [-0.1, -0.05) is 11.6 Å². The first kappa shape index (κ1) is 29.0. The molecule has 1 aliphatic carbocycles. The van der Waals surface area contributed by atoms with Crippen LogP contribution in [-0.2, 0) is 11.2 Å². The molecule has 3 aromatic heterocycles. The van der Waals surface area contributed by atoms with Crippen molar-refractivity contribution in [3.8, 4) is 17.3 Å². The van der Waals surface area contributed by atoms with Gasteiger partial charge in [0.05, 0.1) is 29.2 Å². The Labute approximate surface area is 271 Å². The molecule has 1 spiro atoms. The molecule has 10 rings (SSSR count). The average Bonchev–Trinajstić information content (AvgIpc) is 3.32. The summed E-state index contributed by atoms with van der Waals surface area (Å²) in [5.74, 6) is 0.440. The lowest BCUT2D eigenvalue weighted by molar-refractivity contribution is 0.0799. The van der Waals surface area contributed by atoms with Gasteiger partial charge in [0.25, 0.3) is 0 Å². The third-order valence-corrected chi connectivity index (χ3v) is 11.5. The Morgan fingerprint density at radius 3 is 2.89 bits per heavy atom. The fraction of sp³-hybridized carbons (Fsp3) is 0.588. The SMILES string of the molecule is Fc1c2ncc3c(nc(OC[C@@]45CCCN4C[C@H](F)C5)nc13)N1CC(COCCCCc3c(Cl)cc4[nH]ncc4c3-2)CC2(CC2)C1. The molecule has 9 nitrogen and oxygen atoms in total. The Hall–Kier alpha value is -3.15. The topological polar surface area (TPSA) is 92.3 Å². The third-order valence-electron chi connectivity index (χ3n) is 11.2. The maximum absolute atomic E-state index is 17.1. The zero-order valence-corrected chi connectivity index (χ0v) is 26.6. The number of anilines is 1. The van der Waals surface area contributed by atoms with Crippen molar-refractivity contribution >= 4 is 39.2 Å². The number of pyridine rings is 1. The van der Waals surface area contributed by atoms with Crippen LogP contribution in [0.5, 0.6) is 6.01 Å². The molecule has 242 valence electrons. The van der Waals surface area contributed by atoms with E-state index >= 15 is 4.39 Å². The van der Waals surface area contributed by atoms with Crippen LogP contribution in [-0.4, -0.2) is 87.8 Å². The molecule has 3 saturated heterocycles. The smallest absolute Gasteiger partial charge is 0.319 e. The molecule has 12 heteroatoms. The lowest BCUT2D eigenvalue weighted by Crippen LogP contribution is -2.44. The zero-order chi connectivity index (χ0) is 31.0. The van der Waals surface area contributed by atoms with Crippen molar-refractivity contribution in [2.45, 2.75) is 69.5 Å². The predicted molar refractivity (Wildman–Crippen MR) is 172 cm³/mol. The minimum absolute atomic E-state index is 0.117. The quantitative estimate of drug-likeness (QED) is 0.278. The first-order valence-corrected chi connectivity index (χ1v) is 17.1. The molecular formula is C34H38ClF2N7O2. The summed E-state index contributed by atoms with van der Waals surface area (Å²) in [4.78, 5) is 18.9. The molecule has 8 heterocycles. The van der Waals surface area contributed by atoms with E-state index in [-0.39, 0.29) is 34.8 Å². The number of aromatic amines is 1. The van der Waals surface area contributed by atoms with E-state index in [1.165, 1.54) is 12.8 Å². The van der Waals surface area contributed by atoms with Crippen molar-refractivity contribution in [3.63, 3.8) is 0 Å². The molecule has 1 saturated carbocycles. The number of hydrogen-bond donors (Lipinski definition) is 1. The van der Waals surface area contributed by atoms with Crippen LogP contribution in [0.15, 0.2) is 18.5 Å².